The Kier molecular flexibility index (Phi) is 3.99. The highest BCUT2D eigenvalue weighted by Crippen LogP contribution is 2.27. The Morgan fingerprint density at radius 3 is 2.80 bits per heavy atom. The summed E-state index contributed by atoms with van der Waals surface area (Å²) < 4.78 is 6.95. The van der Waals surface area contributed by atoms with E-state index in [2.05, 4.69) is 25.4 Å². The fraction of sp³-hybridized carbons (Fsp3) is 0.222. The Hall–Kier alpha value is -3.06. The molecular formula is C18H18N6O. The van der Waals surface area contributed by atoms with Crippen molar-refractivity contribution in [3.8, 4) is 11.1 Å². The largest absolute Gasteiger partial charge is 0.383 e. The van der Waals surface area contributed by atoms with Crippen molar-refractivity contribution in [3.63, 3.8) is 0 Å². The van der Waals surface area contributed by atoms with Crippen LogP contribution in [0.4, 0.5) is 5.95 Å². The minimum absolute atomic E-state index is 0.136. The van der Waals surface area contributed by atoms with Crippen molar-refractivity contribution >= 4 is 22.5 Å². The molecule has 0 fully saturated rings. The van der Waals surface area contributed by atoms with Crippen molar-refractivity contribution in [2.45, 2.75) is 13.0 Å². The molecule has 126 valence electrons. The lowest BCUT2D eigenvalue weighted by Crippen LogP contribution is -2.22. The molecule has 1 N–H and O–H groups in total. The standard InChI is InChI=1S/C18H18N6O/c1-12(11-25-2)22-18-21-10-17-14(5-8-24(17)23-18)13-3-4-15-16(9-13)20-7-6-19-15/h3-10,12H,11H2,1-2H3,(H,22,23). The van der Waals surface area contributed by atoms with Crippen molar-refractivity contribution in [3.05, 3.63) is 49.1 Å². The number of nitrogens with one attached hydrogen (secondary N) is 1. The van der Waals surface area contributed by atoms with Gasteiger partial charge in [0, 0.05) is 37.3 Å². The molecule has 3 heterocycles. The first kappa shape index (κ1) is 15.5. The van der Waals surface area contributed by atoms with Crippen LogP contribution in [0.3, 0.4) is 0 Å². The third kappa shape index (κ3) is 3.01. The molecule has 0 aliphatic carbocycles. The van der Waals surface area contributed by atoms with Gasteiger partial charge in [-0.25, -0.2) is 9.50 Å². The van der Waals surface area contributed by atoms with Gasteiger partial charge in [-0.3, -0.25) is 9.97 Å². The molecule has 1 aromatic carbocycles. The van der Waals surface area contributed by atoms with Crippen molar-refractivity contribution in [2.24, 2.45) is 0 Å². The van der Waals surface area contributed by atoms with Gasteiger partial charge in [-0.05, 0) is 30.7 Å². The van der Waals surface area contributed by atoms with Crippen LogP contribution in [-0.2, 0) is 4.74 Å². The van der Waals surface area contributed by atoms with E-state index in [0.717, 1.165) is 27.7 Å². The summed E-state index contributed by atoms with van der Waals surface area (Å²) in [5.41, 5.74) is 4.81. The van der Waals surface area contributed by atoms with Crippen LogP contribution in [0.25, 0.3) is 27.7 Å². The zero-order valence-electron chi connectivity index (χ0n) is 14.0. The van der Waals surface area contributed by atoms with Gasteiger partial charge in [-0.1, -0.05) is 6.07 Å². The minimum atomic E-state index is 0.136. The Balaban J connectivity index is 1.70. The predicted molar refractivity (Wildman–Crippen MR) is 96.5 cm³/mol. The maximum absolute atomic E-state index is 5.12. The maximum Gasteiger partial charge on any atom is 0.241 e. The van der Waals surface area contributed by atoms with Crippen LogP contribution in [0.2, 0.25) is 0 Å². The number of hydrogen-bond donors (Lipinski definition) is 1. The Morgan fingerprint density at radius 1 is 1.12 bits per heavy atom. The molecule has 7 nitrogen and oxygen atoms in total. The number of ether oxygens (including phenoxy) is 1. The van der Waals surface area contributed by atoms with E-state index >= 15 is 0 Å². The van der Waals surface area contributed by atoms with E-state index in [0.29, 0.717) is 12.6 Å². The van der Waals surface area contributed by atoms with Gasteiger partial charge in [0.1, 0.15) is 0 Å². The second-order valence-electron chi connectivity index (χ2n) is 5.90. The van der Waals surface area contributed by atoms with Crippen LogP contribution in [0.1, 0.15) is 6.92 Å². The highest BCUT2D eigenvalue weighted by atomic mass is 16.5. The topological polar surface area (TPSA) is 77.2 Å². The molecule has 25 heavy (non-hydrogen) atoms. The summed E-state index contributed by atoms with van der Waals surface area (Å²) in [6.45, 7) is 2.62. The Labute approximate surface area is 144 Å². The van der Waals surface area contributed by atoms with Crippen molar-refractivity contribution in [1.82, 2.24) is 24.6 Å². The van der Waals surface area contributed by atoms with Gasteiger partial charge in [0.25, 0.3) is 0 Å². The third-order valence-corrected chi connectivity index (χ3v) is 3.99. The van der Waals surface area contributed by atoms with Crippen LogP contribution in [0.15, 0.2) is 49.1 Å². The van der Waals surface area contributed by atoms with Crippen LogP contribution >= 0.6 is 0 Å². The normalized spacial score (nSPS) is 12.6. The molecule has 0 amide bonds. The first-order valence-corrected chi connectivity index (χ1v) is 8.05. The van der Waals surface area contributed by atoms with Crippen molar-refractivity contribution < 1.29 is 4.74 Å². The summed E-state index contributed by atoms with van der Waals surface area (Å²) in [5, 5.41) is 7.74. The van der Waals surface area contributed by atoms with E-state index in [1.165, 1.54) is 0 Å². The second kappa shape index (κ2) is 6.45. The van der Waals surface area contributed by atoms with Gasteiger partial charge in [0.2, 0.25) is 5.95 Å². The molecule has 0 radical (unpaired) electrons. The molecule has 0 bridgehead atoms. The quantitative estimate of drug-likeness (QED) is 0.605. The Bertz CT molecular complexity index is 1030. The first-order valence-electron chi connectivity index (χ1n) is 8.05. The van der Waals surface area contributed by atoms with Gasteiger partial charge in [-0.2, -0.15) is 0 Å². The molecule has 4 rings (SSSR count). The van der Waals surface area contributed by atoms with Crippen LogP contribution in [0, 0.1) is 0 Å². The first-order chi connectivity index (χ1) is 12.2. The van der Waals surface area contributed by atoms with E-state index in [1.807, 2.05) is 48.1 Å². The van der Waals surface area contributed by atoms with E-state index in [4.69, 9.17) is 4.74 Å². The van der Waals surface area contributed by atoms with Gasteiger partial charge < -0.3 is 10.1 Å². The van der Waals surface area contributed by atoms with E-state index < -0.39 is 0 Å². The lowest BCUT2D eigenvalue weighted by atomic mass is 10.1. The molecule has 1 unspecified atom stereocenters. The number of anilines is 1. The highest BCUT2D eigenvalue weighted by Gasteiger charge is 2.10. The summed E-state index contributed by atoms with van der Waals surface area (Å²) in [5.74, 6) is 0.573. The number of rotatable bonds is 5. The van der Waals surface area contributed by atoms with Crippen LogP contribution in [-0.4, -0.2) is 44.3 Å². The van der Waals surface area contributed by atoms with Crippen LogP contribution < -0.4 is 5.32 Å². The second-order valence-corrected chi connectivity index (χ2v) is 5.90. The highest BCUT2D eigenvalue weighted by molar-refractivity contribution is 5.86. The smallest absolute Gasteiger partial charge is 0.241 e. The van der Waals surface area contributed by atoms with Crippen molar-refractivity contribution in [2.75, 3.05) is 19.0 Å². The molecule has 3 aromatic heterocycles. The molecule has 0 aliphatic heterocycles. The summed E-state index contributed by atoms with van der Waals surface area (Å²) in [4.78, 5) is 13.1. The summed E-state index contributed by atoms with van der Waals surface area (Å²) >= 11 is 0. The fourth-order valence-electron chi connectivity index (χ4n) is 2.85. The molecule has 0 saturated carbocycles. The van der Waals surface area contributed by atoms with Gasteiger partial charge in [0.05, 0.1) is 29.4 Å². The molecule has 4 aromatic rings. The molecule has 0 saturated heterocycles. The zero-order chi connectivity index (χ0) is 17.2. The maximum atomic E-state index is 5.12. The van der Waals surface area contributed by atoms with E-state index in [9.17, 15) is 0 Å². The number of fused-ring (bicyclic) bond motifs is 2. The van der Waals surface area contributed by atoms with Crippen LogP contribution in [0.5, 0.6) is 0 Å². The predicted octanol–water partition coefficient (Wildman–Crippen LogP) is 2.79. The number of aromatic nitrogens is 5. The minimum Gasteiger partial charge on any atom is -0.383 e. The average Bonchev–Trinajstić information content (AvgIpc) is 3.04. The van der Waals surface area contributed by atoms with E-state index in [-0.39, 0.29) is 6.04 Å². The van der Waals surface area contributed by atoms with Gasteiger partial charge >= 0.3 is 0 Å². The fourth-order valence-corrected chi connectivity index (χ4v) is 2.85. The lowest BCUT2D eigenvalue weighted by molar-refractivity contribution is 0.190. The number of methoxy groups -OCH3 is 1. The van der Waals surface area contributed by atoms with Crippen molar-refractivity contribution in [1.29, 1.82) is 0 Å². The monoisotopic (exact) mass is 334 g/mol. The van der Waals surface area contributed by atoms with Gasteiger partial charge in [0.15, 0.2) is 0 Å². The zero-order valence-corrected chi connectivity index (χ0v) is 14.0. The van der Waals surface area contributed by atoms with E-state index in [1.54, 1.807) is 19.5 Å². The summed E-state index contributed by atoms with van der Waals surface area (Å²) in [6, 6.07) is 8.22. The molecule has 0 aliphatic rings. The molecule has 0 spiro atoms. The lowest BCUT2D eigenvalue weighted by Gasteiger charge is -2.12. The molecule has 7 heteroatoms. The summed E-state index contributed by atoms with van der Waals surface area (Å²) in [6.07, 6.45) is 7.15. The number of nitrogens with zero attached hydrogens (tertiary/aromatic N) is 5. The SMILES string of the molecule is COCC(C)Nc1ncc2c(-c3ccc4nccnc4c3)ccn2n1. The number of hydrogen-bond acceptors (Lipinski definition) is 6. The molecular weight excluding hydrogens is 316 g/mol. The van der Waals surface area contributed by atoms with Gasteiger partial charge in [-0.15, -0.1) is 5.10 Å². The molecule has 1 atom stereocenters. The summed E-state index contributed by atoms with van der Waals surface area (Å²) in [7, 11) is 1.67. The number of benzene rings is 1. The average molecular weight is 334 g/mol. The Morgan fingerprint density at radius 2 is 1.96 bits per heavy atom. The third-order valence-electron chi connectivity index (χ3n) is 3.99.